The van der Waals surface area contributed by atoms with Gasteiger partial charge in [-0.2, -0.15) is 10.1 Å². The summed E-state index contributed by atoms with van der Waals surface area (Å²) in [5.74, 6) is 1.53. The van der Waals surface area contributed by atoms with Crippen molar-refractivity contribution in [2.24, 2.45) is 5.92 Å². The number of aliphatic hydroxyl groups excluding tert-OH is 1. The molecule has 1 aliphatic heterocycles. The summed E-state index contributed by atoms with van der Waals surface area (Å²) in [6, 6.07) is 0. The standard InChI is InChI=1S/C22H31N9O/c1-16-8-17(10-20(9-16)30-4-2-24-3-5-30)12-25-21-18(11-23)13-26-22(29-21)28-19-14-27-31(15-19)6-7-32/h9-11,13-16,23-24,32H,2-8,12H2,1H3,(H2,25,26,28,29). The van der Waals surface area contributed by atoms with Crippen molar-refractivity contribution in [3.63, 3.8) is 0 Å². The Morgan fingerprint density at radius 1 is 1.31 bits per heavy atom. The topological polar surface area (TPSA) is 127 Å². The van der Waals surface area contributed by atoms with Gasteiger partial charge in [0.05, 0.1) is 30.6 Å². The van der Waals surface area contributed by atoms with Crippen LogP contribution in [-0.4, -0.2) is 75.3 Å². The molecule has 0 spiro atoms. The normalized spacial score (nSPS) is 18.7. The van der Waals surface area contributed by atoms with Gasteiger partial charge >= 0.3 is 0 Å². The second-order valence-electron chi connectivity index (χ2n) is 8.15. The third kappa shape index (κ3) is 5.51. The summed E-state index contributed by atoms with van der Waals surface area (Å²) in [5, 5.41) is 30.9. The van der Waals surface area contributed by atoms with Gasteiger partial charge in [0.15, 0.2) is 0 Å². The van der Waals surface area contributed by atoms with Crippen LogP contribution in [0.2, 0.25) is 0 Å². The van der Waals surface area contributed by atoms with Gasteiger partial charge in [-0.05, 0) is 24.0 Å². The Kier molecular flexibility index (Phi) is 7.13. The predicted octanol–water partition coefficient (Wildman–Crippen LogP) is 1.57. The Morgan fingerprint density at radius 2 is 2.16 bits per heavy atom. The highest BCUT2D eigenvalue weighted by atomic mass is 16.3. The largest absolute Gasteiger partial charge is 0.394 e. The number of anilines is 3. The Bertz CT molecular complexity index is 991. The van der Waals surface area contributed by atoms with Gasteiger partial charge in [-0.1, -0.05) is 13.0 Å². The van der Waals surface area contributed by atoms with E-state index in [1.165, 1.54) is 17.5 Å². The molecule has 170 valence electrons. The van der Waals surface area contributed by atoms with Crippen LogP contribution in [0.5, 0.6) is 0 Å². The smallest absolute Gasteiger partial charge is 0.229 e. The van der Waals surface area contributed by atoms with E-state index >= 15 is 0 Å². The van der Waals surface area contributed by atoms with E-state index in [1.807, 2.05) is 0 Å². The molecule has 1 fully saturated rings. The second-order valence-corrected chi connectivity index (χ2v) is 8.15. The lowest BCUT2D eigenvalue weighted by molar-refractivity contribution is 0.269. The molecule has 1 saturated heterocycles. The van der Waals surface area contributed by atoms with Crippen molar-refractivity contribution in [3.8, 4) is 0 Å². The third-order valence-corrected chi connectivity index (χ3v) is 5.55. The van der Waals surface area contributed by atoms with Gasteiger partial charge < -0.3 is 31.4 Å². The number of hydrogen-bond donors (Lipinski definition) is 5. The number of hydrogen-bond acceptors (Lipinski definition) is 9. The van der Waals surface area contributed by atoms with E-state index < -0.39 is 0 Å². The highest BCUT2D eigenvalue weighted by Gasteiger charge is 2.18. The fraction of sp³-hybridized carbons (Fsp3) is 0.455. The van der Waals surface area contributed by atoms with E-state index in [9.17, 15) is 0 Å². The van der Waals surface area contributed by atoms with Crippen LogP contribution in [0.4, 0.5) is 17.5 Å². The molecule has 2 aromatic rings. The van der Waals surface area contributed by atoms with Crippen molar-refractivity contribution >= 4 is 23.7 Å². The first-order valence-electron chi connectivity index (χ1n) is 11.0. The van der Waals surface area contributed by atoms with E-state index in [0.29, 0.717) is 36.3 Å². The molecule has 0 bridgehead atoms. The zero-order chi connectivity index (χ0) is 22.3. The number of nitrogens with zero attached hydrogens (tertiary/aromatic N) is 5. The Balaban J connectivity index is 1.44. The maximum Gasteiger partial charge on any atom is 0.229 e. The van der Waals surface area contributed by atoms with Crippen LogP contribution in [0.3, 0.4) is 0 Å². The van der Waals surface area contributed by atoms with Crippen LogP contribution >= 0.6 is 0 Å². The quantitative estimate of drug-likeness (QED) is 0.374. The summed E-state index contributed by atoms with van der Waals surface area (Å²) in [6.45, 7) is 7.48. The molecule has 3 heterocycles. The second kappa shape index (κ2) is 10.4. The highest BCUT2D eigenvalue weighted by Crippen LogP contribution is 2.25. The fourth-order valence-electron chi connectivity index (χ4n) is 4.00. The minimum atomic E-state index is 0.0275. The number of piperazine rings is 1. The Morgan fingerprint density at radius 3 is 2.94 bits per heavy atom. The SMILES string of the molecule is CC1C=C(N2CCNCC2)C=C(CNc2nc(Nc3cnn(CCO)c3)ncc2C=N)C1. The van der Waals surface area contributed by atoms with Crippen LogP contribution < -0.4 is 16.0 Å². The van der Waals surface area contributed by atoms with Crippen LogP contribution in [-0.2, 0) is 6.54 Å². The zero-order valence-corrected chi connectivity index (χ0v) is 18.4. The summed E-state index contributed by atoms with van der Waals surface area (Å²) >= 11 is 0. The van der Waals surface area contributed by atoms with Gasteiger partial charge in [-0.15, -0.1) is 0 Å². The molecule has 1 aliphatic carbocycles. The summed E-state index contributed by atoms with van der Waals surface area (Å²) < 4.78 is 1.65. The molecule has 0 radical (unpaired) electrons. The van der Waals surface area contributed by atoms with Gasteiger partial charge in [-0.3, -0.25) is 4.68 Å². The molecule has 10 heteroatoms. The van der Waals surface area contributed by atoms with Crippen molar-refractivity contribution in [2.75, 3.05) is 50.0 Å². The molecule has 2 aliphatic rings. The lowest BCUT2D eigenvalue weighted by Gasteiger charge is -2.33. The van der Waals surface area contributed by atoms with E-state index in [-0.39, 0.29) is 6.61 Å². The van der Waals surface area contributed by atoms with Crippen molar-refractivity contribution in [1.82, 2.24) is 30.0 Å². The average molecular weight is 438 g/mol. The molecule has 0 saturated carbocycles. The lowest BCUT2D eigenvalue weighted by Crippen LogP contribution is -2.43. The first kappa shape index (κ1) is 22.0. The molecule has 5 N–H and O–H groups in total. The molecule has 10 nitrogen and oxygen atoms in total. The third-order valence-electron chi connectivity index (χ3n) is 5.55. The van der Waals surface area contributed by atoms with Crippen LogP contribution in [0.25, 0.3) is 0 Å². The van der Waals surface area contributed by atoms with E-state index in [1.54, 1.807) is 23.3 Å². The van der Waals surface area contributed by atoms with Gasteiger partial charge in [0.25, 0.3) is 0 Å². The fourth-order valence-corrected chi connectivity index (χ4v) is 4.00. The minimum absolute atomic E-state index is 0.0275. The van der Waals surface area contributed by atoms with Crippen molar-refractivity contribution in [1.29, 1.82) is 5.41 Å². The van der Waals surface area contributed by atoms with E-state index in [4.69, 9.17) is 10.5 Å². The number of nitrogens with one attached hydrogen (secondary N) is 4. The highest BCUT2D eigenvalue weighted by molar-refractivity contribution is 5.84. The number of allylic oxidation sites excluding steroid dienone is 2. The first-order chi connectivity index (χ1) is 15.6. The lowest BCUT2D eigenvalue weighted by atomic mass is 9.93. The number of aliphatic hydroxyl groups is 1. The van der Waals surface area contributed by atoms with Gasteiger partial charge in [0.1, 0.15) is 5.82 Å². The minimum Gasteiger partial charge on any atom is -0.394 e. The van der Waals surface area contributed by atoms with Gasteiger partial charge in [0, 0.05) is 57.0 Å². The maximum absolute atomic E-state index is 9.04. The number of rotatable bonds is 9. The molecular weight excluding hydrogens is 406 g/mol. The summed E-state index contributed by atoms with van der Waals surface area (Å²) in [4.78, 5) is 11.3. The van der Waals surface area contributed by atoms with Crippen molar-refractivity contribution in [3.05, 3.63) is 47.6 Å². The van der Waals surface area contributed by atoms with Crippen molar-refractivity contribution < 1.29 is 5.11 Å². The molecule has 4 rings (SSSR count). The van der Waals surface area contributed by atoms with Gasteiger partial charge in [0.2, 0.25) is 5.95 Å². The Labute approximate surface area is 188 Å². The summed E-state index contributed by atoms with van der Waals surface area (Å²) in [5.41, 5.74) is 4.00. The maximum atomic E-state index is 9.04. The van der Waals surface area contributed by atoms with Gasteiger partial charge in [-0.25, -0.2) is 4.98 Å². The van der Waals surface area contributed by atoms with Crippen LogP contribution in [0, 0.1) is 11.3 Å². The molecule has 1 unspecified atom stereocenters. The van der Waals surface area contributed by atoms with E-state index in [2.05, 4.69) is 55.0 Å². The molecule has 0 aromatic carbocycles. The molecule has 0 amide bonds. The van der Waals surface area contributed by atoms with Crippen molar-refractivity contribution in [2.45, 2.75) is 19.9 Å². The first-order valence-corrected chi connectivity index (χ1v) is 11.0. The van der Waals surface area contributed by atoms with Crippen LogP contribution in [0.15, 0.2) is 42.0 Å². The summed E-state index contributed by atoms with van der Waals surface area (Å²) in [6.07, 6.45) is 12.0. The zero-order valence-electron chi connectivity index (χ0n) is 18.4. The monoisotopic (exact) mass is 437 g/mol. The predicted molar refractivity (Wildman–Crippen MR) is 125 cm³/mol. The Hall–Kier alpha value is -3.24. The number of aromatic nitrogens is 4. The summed E-state index contributed by atoms with van der Waals surface area (Å²) in [7, 11) is 0. The van der Waals surface area contributed by atoms with Crippen LogP contribution in [0.1, 0.15) is 18.9 Å². The molecular formula is C22H31N9O. The average Bonchev–Trinajstić information content (AvgIpc) is 3.25. The molecule has 2 aromatic heterocycles. The molecule has 32 heavy (non-hydrogen) atoms. The molecule has 1 atom stereocenters. The van der Waals surface area contributed by atoms with E-state index in [0.717, 1.165) is 38.3 Å².